The molecule has 0 fully saturated rings. The molecule has 1 aromatic rings. The van der Waals surface area contributed by atoms with Crippen LogP contribution in [-0.4, -0.2) is 18.5 Å². The number of rotatable bonds is 9. The van der Waals surface area contributed by atoms with Crippen molar-refractivity contribution in [3.8, 4) is 0 Å². The summed E-state index contributed by atoms with van der Waals surface area (Å²) >= 11 is 0. The lowest BCUT2D eigenvalue weighted by molar-refractivity contribution is -0.147. The lowest BCUT2D eigenvalue weighted by Crippen LogP contribution is -2.20. The molecule has 0 aliphatic carbocycles. The lowest BCUT2D eigenvalue weighted by Gasteiger charge is -2.07. The van der Waals surface area contributed by atoms with Gasteiger partial charge in [0.25, 0.3) is 5.91 Å². The Bertz CT molecular complexity index is 440. The second-order valence-corrected chi connectivity index (χ2v) is 5.24. The van der Waals surface area contributed by atoms with Gasteiger partial charge in [0.1, 0.15) is 0 Å². The van der Waals surface area contributed by atoms with Gasteiger partial charge in [-0.25, -0.2) is 0 Å². The first-order valence-electron chi connectivity index (χ1n) is 7.64. The van der Waals surface area contributed by atoms with E-state index in [-0.39, 0.29) is 18.5 Å². The highest BCUT2D eigenvalue weighted by Gasteiger charge is 2.07. The predicted octanol–water partition coefficient (Wildman–Crippen LogP) is 3.84. The monoisotopic (exact) mass is 291 g/mol. The van der Waals surface area contributed by atoms with Crippen LogP contribution in [0.25, 0.3) is 0 Å². The van der Waals surface area contributed by atoms with E-state index in [1.807, 2.05) is 31.2 Å². The van der Waals surface area contributed by atoms with Crippen LogP contribution in [-0.2, 0) is 14.3 Å². The number of carbonyl (C=O) groups excluding carboxylic acids is 2. The fourth-order valence-corrected chi connectivity index (χ4v) is 1.93. The molecule has 0 aliphatic heterocycles. The zero-order chi connectivity index (χ0) is 15.5. The molecule has 0 radical (unpaired) electrons. The third kappa shape index (κ3) is 8.12. The average molecular weight is 291 g/mol. The van der Waals surface area contributed by atoms with Crippen LogP contribution in [0.5, 0.6) is 0 Å². The van der Waals surface area contributed by atoms with Crippen molar-refractivity contribution < 1.29 is 14.3 Å². The Morgan fingerprint density at radius 2 is 1.71 bits per heavy atom. The minimum Gasteiger partial charge on any atom is -0.456 e. The summed E-state index contributed by atoms with van der Waals surface area (Å²) in [5, 5.41) is 2.69. The van der Waals surface area contributed by atoms with E-state index < -0.39 is 0 Å². The summed E-state index contributed by atoms with van der Waals surface area (Å²) in [5.41, 5.74) is 1.84. The summed E-state index contributed by atoms with van der Waals surface area (Å²) in [7, 11) is 0. The number of unbranched alkanes of at least 4 members (excludes halogenated alkanes) is 4. The standard InChI is InChI=1S/C17H25NO3/c1-3-4-5-6-7-8-17(20)21-13-16(19)18-15-11-9-14(2)10-12-15/h9-12H,3-8,13H2,1-2H3,(H,18,19). The Kier molecular flexibility index (Phi) is 8.17. The Balaban J connectivity index is 2.14. The average Bonchev–Trinajstić information content (AvgIpc) is 2.47. The molecule has 0 saturated heterocycles. The second-order valence-electron chi connectivity index (χ2n) is 5.24. The molecule has 21 heavy (non-hydrogen) atoms. The van der Waals surface area contributed by atoms with Gasteiger partial charge in [0.15, 0.2) is 6.61 Å². The summed E-state index contributed by atoms with van der Waals surface area (Å²) in [6, 6.07) is 7.47. The van der Waals surface area contributed by atoms with Gasteiger partial charge in [0.2, 0.25) is 0 Å². The second kappa shape index (κ2) is 9.97. The van der Waals surface area contributed by atoms with Gasteiger partial charge in [-0.05, 0) is 25.5 Å². The normalized spacial score (nSPS) is 10.2. The first-order valence-corrected chi connectivity index (χ1v) is 7.64. The van der Waals surface area contributed by atoms with Crippen LogP contribution in [0.15, 0.2) is 24.3 Å². The molecule has 1 rings (SSSR count). The smallest absolute Gasteiger partial charge is 0.306 e. The number of carbonyl (C=O) groups is 2. The largest absolute Gasteiger partial charge is 0.456 e. The van der Waals surface area contributed by atoms with Gasteiger partial charge < -0.3 is 10.1 Å². The molecule has 0 bridgehead atoms. The van der Waals surface area contributed by atoms with E-state index in [1.54, 1.807) is 0 Å². The van der Waals surface area contributed by atoms with Crippen molar-refractivity contribution in [1.29, 1.82) is 0 Å². The van der Waals surface area contributed by atoms with Gasteiger partial charge in [-0.3, -0.25) is 9.59 Å². The quantitative estimate of drug-likeness (QED) is 0.555. The molecule has 1 N–H and O–H groups in total. The minimum atomic E-state index is -0.307. The zero-order valence-corrected chi connectivity index (χ0v) is 13.0. The van der Waals surface area contributed by atoms with Crippen molar-refractivity contribution in [3.63, 3.8) is 0 Å². The van der Waals surface area contributed by atoms with E-state index in [1.165, 1.54) is 12.8 Å². The number of nitrogens with one attached hydrogen (secondary N) is 1. The highest BCUT2D eigenvalue weighted by Crippen LogP contribution is 2.09. The summed E-state index contributed by atoms with van der Waals surface area (Å²) in [6.07, 6.45) is 5.80. The number of aryl methyl sites for hydroxylation is 1. The first-order chi connectivity index (χ1) is 10.1. The number of esters is 1. The highest BCUT2D eigenvalue weighted by atomic mass is 16.5. The van der Waals surface area contributed by atoms with E-state index in [4.69, 9.17) is 4.74 Å². The molecule has 0 aromatic heterocycles. The highest BCUT2D eigenvalue weighted by molar-refractivity contribution is 5.92. The van der Waals surface area contributed by atoms with Crippen molar-refractivity contribution >= 4 is 17.6 Å². The third-order valence-electron chi connectivity index (χ3n) is 3.18. The molecule has 0 aliphatic rings. The van der Waals surface area contributed by atoms with Gasteiger partial charge in [0, 0.05) is 12.1 Å². The number of anilines is 1. The number of amides is 1. The van der Waals surface area contributed by atoms with Gasteiger partial charge in [0.05, 0.1) is 0 Å². The van der Waals surface area contributed by atoms with Crippen molar-refractivity contribution in [3.05, 3.63) is 29.8 Å². The fraction of sp³-hybridized carbons (Fsp3) is 0.529. The maximum atomic E-state index is 11.6. The summed E-state index contributed by atoms with van der Waals surface area (Å²) in [6.45, 7) is 3.91. The molecule has 116 valence electrons. The van der Waals surface area contributed by atoms with E-state index in [9.17, 15) is 9.59 Å². The molecule has 0 saturated carbocycles. The Labute approximate surface area is 126 Å². The summed E-state index contributed by atoms with van der Waals surface area (Å²) < 4.78 is 4.96. The number of hydrogen-bond donors (Lipinski definition) is 1. The maximum absolute atomic E-state index is 11.6. The van der Waals surface area contributed by atoms with Crippen molar-refractivity contribution in [1.82, 2.24) is 0 Å². The lowest BCUT2D eigenvalue weighted by atomic mass is 10.1. The van der Waals surface area contributed by atoms with Crippen LogP contribution in [0.4, 0.5) is 5.69 Å². The van der Waals surface area contributed by atoms with E-state index >= 15 is 0 Å². The van der Waals surface area contributed by atoms with Gasteiger partial charge >= 0.3 is 5.97 Å². The van der Waals surface area contributed by atoms with E-state index in [0.29, 0.717) is 12.1 Å². The topological polar surface area (TPSA) is 55.4 Å². The van der Waals surface area contributed by atoms with Crippen molar-refractivity contribution in [2.24, 2.45) is 0 Å². The molecular formula is C17H25NO3. The van der Waals surface area contributed by atoms with Crippen molar-refractivity contribution in [2.75, 3.05) is 11.9 Å². The van der Waals surface area contributed by atoms with Gasteiger partial charge in [-0.1, -0.05) is 50.3 Å². The molecule has 4 nitrogen and oxygen atoms in total. The fourth-order valence-electron chi connectivity index (χ4n) is 1.93. The molecule has 0 heterocycles. The Morgan fingerprint density at radius 1 is 1.05 bits per heavy atom. The van der Waals surface area contributed by atoms with Crippen LogP contribution < -0.4 is 5.32 Å². The summed E-state index contributed by atoms with van der Waals surface area (Å²) in [5.74, 6) is -0.608. The molecule has 1 amide bonds. The molecular weight excluding hydrogens is 266 g/mol. The molecule has 0 spiro atoms. The van der Waals surface area contributed by atoms with Crippen LogP contribution in [0.2, 0.25) is 0 Å². The van der Waals surface area contributed by atoms with Crippen LogP contribution >= 0.6 is 0 Å². The van der Waals surface area contributed by atoms with Crippen LogP contribution in [0, 0.1) is 6.92 Å². The van der Waals surface area contributed by atoms with Crippen LogP contribution in [0.1, 0.15) is 51.0 Å². The van der Waals surface area contributed by atoms with Crippen LogP contribution in [0.3, 0.4) is 0 Å². The SMILES string of the molecule is CCCCCCCC(=O)OCC(=O)Nc1ccc(C)cc1. The van der Waals surface area contributed by atoms with E-state index in [0.717, 1.165) is 24.8 Å². The zero-order valence-electron chi connectivity index (χ0n) is 13.0. The van der Waals surface area contributed by atoms with E-state index in [2.05, 4.69) is 12.2 Å². The summed E-state index contributed by atoms with van der Waals surface area (Å²) in [4.78, 5) is 23.1. The number of ether oxygens (including phenoxy) is 1. The van der Waals surface area contributed by atoms with Crippen molar-refractivity contribution in [2.45, 2.75) is 52.4 Å². The van der Waals surface area contributed by atoms with Gasteiger partial charge in [-0.15, -0.1) is 0 Å². The number of benzene rings is 1. The minimum absolute atomic E-state index is 0.221. The number of hydrogen-bond acceptors (Lipinski definition) is 3. The molecule has 4 heteroatoms. The van der Waals surface area contributed by atoms with Gasteiger partial charge in [-0.2, -0.15) is 0 Å². The Hall–Kier alpha value is -1.84. The molecule has 0 atom stereocenters. The molecule has 1 aromatic carbocycles. The first kappa shape index (κ1) is 17.2. The maximum Gasteiger partial charge on any atom is 0.306 e. The third-order valence-corrected chi connectivity index (χ3v) is 3.18. The molecule has 0 unspecified atom stereocenters. The Morgan fingerprint density at radius 3 is 2.38 bits per heavy atom. The predicted molar refractivity (Wildman–Crippen MR) is 84.1 cm³/mol.